The van der Waals surface area contributed by atoms with Gasteiger partial charge in [-0.25, -0.2) is 4.98 Å². The van der Waals surface area contributed by atoms with Crippen LogP contribution in [0.25, 0.3) is 0 Å². The maximum atomic E-state index is 4.56. The van der Waals surface area contributed by atoms with E-state index < -0.39 is 0 Å². The Labute approximate surface area is 151 Å². The largest absolute Gasteiger partial charge is 0.337 e. The molecular weight excluding hydrogens is 320 g/mol. The third kappa shape index (κ3) is 4.38. The van der Waals surface area contributed by atoms with Crippen molar-refractivity contribution in [1.29, 1.82) is 0 Å². The Morgan fingerprint density at radius 2 is 2.00 bits per heavy atom. The van der Waals surface area contributed by atoms with Crippen LogP contribution in [0.15, 0.2) is 36.7 Å². The minimum absolute atomic E-state index is 0. The lowest BCUT2D eigenvalue weighted by molar-refractivity contribution is 0.155. The molecule has 1 N–H and O–H groups in total. The highest BCUT2D eigenvalue weighted by atomic mass is 35.5. The van der Waals surface area contributed by atoms with Crippen LogP contribution >= 0.6 is 12.4 Å². The summed E-state index contributed by atoms with van der Waals surface area (Å²) in [6.07, 6.45) is 5.03. The molecule has 132 valence electrons. The first-order chi connectivity index (χ1) is 11.1. The van der Waals surface area contributed by atoms with Gasteiger partial charge in [-0.3, -0.25) is 4.90 Å². The molecule has 1 atom stereocenters. The summed E-state index contributed by atoms with van der Waals surface area (Å²) in [7, 11) is 2.08. The van der Waals surface area contributed by atoms with E-state index in [0.29, 0.717) is 12.0 Å². The molecule has 0 amide bonds. The van der Waals surface area contributed by atoms with Crippen LogP contribution < -0.4 is 5.32 Å². The van der Waals surface area contributed by atoms with Crippen molar-refractivity contribution in [2.75, 3.05) is 26.2 Å². The molecule has 1 saturated heterocycles. The number of aromatic nitrogens is 2. The minimum atomic E-state index is 0. The number of piperazine rings is 1. The molecular formula is C19H29ClN4. The fourth-order valence-corrected chi connectivity index (χ4v) is 3.31. The van der Waals surface area contributed by atoms with Crippen LogP contribution in [-0.2, 0) is 13.5 Å². The van der Waals surface area contributed by atoms with Crippen LogP contribution in [-0.4, -0.2) is 40.6 Å². The number of nitrogens with one attached hydrogen (secondary N) is 1. The summed E-state index contributed by atoms with van der Waals surface area (Å²) in [6, 6.07) is 9.49. The molecule has 2 heterocycles. The predicted octanol–water partition coefficient (Wildman–Crippen LogP) is 3.15. The van der Waals surface area contributed by atoms with E-state index >= 15 is 0 Å². The van der Waals surface area contributed by atoms with Crippen molar-refractivity contribution < 1.29 is 0 Å². The molecule has 1 fully saturated rings. The van der Waals surface area contributed by atoms with E-state index in [4.69, 9.17) is 0 Å². The molecule has 2 aromatic rings. The van der Waals surface area contributed by atoms with Gasteiger partial charge < -0.3 is 9.88 Å². The number of hydrogen-bond acceptors (Lipinski definition) is 3. The molecule has 24 heavy (non-hydrogen) atoms. The summed E-state index contributed by atoms with van der Waals surface area (Å²) in [4.78, 5) is 7.12. The monoisotopic (exact) mass is 348 g/mol. The van der Waals surface area contributed by atoms with Gasteiger partial charge in [0.25, 0.3) is 0 Å². The zero-order chi connectivity index (χ0) is 16.2. The van der Waals surface area contributed by atoms with E-state index in [1.54, 1.807) is 0 Å². The first kappa shape index (κ1) is 19.0. The summed E-state index contributed by atoms with van der Waals surface area (Å²) in [5.74, 6) is 1.76. The Morgan fingerprint density at radius 3 is 2.62 bits per heavy atom. The summed E-state index contributed by atoms with van der Waals surface area (Å²) in [6.45, 7) is 8.70. The summed E-state index contributed by atoms with van der Waals surface area (Å²) < 4.78 is 2.14. The average molecular weight is 349 g/mol. The van der Waals surface area contributed by atoms with Gasteiger partial charge in [-0.05, 0) is 23.5 Å². The number of imidazole rings is 1. The van der Waals surface area contributed by atoms with Crippen LogP contribution in [0, 0.1) is 0 Å². The van der Waals surface area contributed by atoms with Crippen LogP contribution in [0.5, 0.6) is 0 Å². The van der Waals surface area contributed by atoms with Gasteiger partial charge in [0.1, 0.15) is 5.82 Å². The number of halogens is 1. The van der Waals surface area contributed by atoms with Gasteiger partial charge in [-0.15, -0.1) is 12.4 Å². The third-order valence-corrected chi connectivity index (χ3v) is 4.84. The highest BCUT2D eigenvalue weighted by Crippen LogP contribution is 2.21. The molecule has 1 aromatic carbocycles. The smallest absolute Gasteiger partial charge is 0.127 e. The summed E-state index contributed by atoms with van der Waals surface area (Å²) in [5, 5.41) is 3.50. The molecule has 0 saturated carbocycles. The fraction of sp³-hybridized carbons (Fsp3) is 0.526. The molecule has 0 bridgehead atoms. The average Bonchev–Trinajstić information content (AvgIpc) is 2.99. The lowest BCUT2D eigenvalue weighted by Crippen LogP contribution is -2.47. The topological polar surface area (TPSA) is 33.1 Å². The van der Waals surface area contributed by atoms with Crippen LogP contribution in [0.3, 0.4) is 0 Å². The predicted molar refractivity (Wildman–Crippen MR) is 102 cm³/mol. The zero-order valence-corrected chi connectivity index (χ0v) is 15.7. The van der Waals surface area contributed by atoms with E-state index in [1.807, 2.05) is 12.4 Å². The van der Waals surface area contributed by atoms with Gasteiger partial charge in [0.15, 0.2) is 0 Å². The number of aryl methyl sites for hydroxylation is 1. The third-order valence-electron chi connectivity index (χ3n) is 4.84. The van der Waals surface area contributed by atoms with E-state index in [-0.39, 0.29) is 12.4 Å². The number of benzene rings is 1. The van der Waals surface area contributed by atoms with E-state index in [1.165, 1.54) is 11.1 Å². The number of rotatable bonds is 5. The van der Waals surface area contributed by atoms with E-state index in [0.717, 1.165) is 38.4 Å². The van der Waals surface area contributed by atoms with Crippen molar-refractivity contribution >= 4 is 12.4 Å². The van der Waals surface area contributed by atoms with Gasteiger partial charge in [-0.2, -0.15) is 0 Å². The zero-order valence-electron chi connectivity index (χ0n) is 14.9. The molecule has 1 aromatic heterocycles. The molecule has 1 aliphatic heterocycles. The van der Waals surface area contributed by atoms with Gasteiger partial charge in [0.05, 0.1) is 6.04 Å². The second-order valence-corrected chi connectivity index (χ2v) is 6.80. The van der Waals surface area contributed by atoms with Crippen molar-refractivity contribution in [2.24, 2.45) is 7.05 Å². The van der Waals surface area contributed by atoms with Gasteiger partial charge in [0.2, 0.25) is 0 Å². The molecule has 5 heteroatoms. The van der Waals surface area contributed by atoms with Crippen molar-refractivity contribution in [3.63, 3.8) is 0 Å². The summed E-state index contributed by atoms with van der Waals surface area (Å²) >= 11 is 0. The Hall–Kier alpha value is -1.36. The molecule has 0 aliphatic carbocycles. The first-order valence-corrected chi connectivity index (χ1v) is 8.66. The Bertz CT molecular complexity index is 621. The van der Waals surface area contributed by atoms with E-state index in [2.05, 4.69) is 64.9 Å². The van der Waals surface area contributed by atoms with Crippen molar-refractivity contribution in [1.82, 2.24) is 19.8 Å². The van der Waals surface area contributed by atoms with Crippen LogP contribution in [0.4, 0.5) is 0 Å². The Kier molecular flexibility index (Phi) is 6.84. The second-order valence-electron chi connectivity index (χ2n) is 6.80. The van der Waals surface area contributed by atoms with E-state index in [9.17, 15) is 0 Å². The van der Waals surface area contributed by atoms with Gasteiger partial charge in [0, 0.05) is 45.6 Å². The standard InChI is InChI=1S/C19H28N4.ClH/c1-15(2)17-6-4-16(5-7-17)8-11-23-13-9-20-14-18(23)19-21-10-12-22(19)3;/h4-7,10,12,15,18,20H,8-9,11,13-14H2,1-3H3;1H. The minimum Gasteiger partial charge on any atom is -0.337 e. The van der Waals surface area contributed by atoms with Crippen molar-refractivity contribution in [3.05, 3.63) is 53.6 Å². The normalized spacial score (nSPS) is 18.6. The lowest BCUT2D eigenvalue weighted by Gasteiger charge is -2.35. The second kappa shape index (κ2) is 8.65. The maximum Gasteiger partial charge on any atom is 0.127 e. The number of nitrogens with zero attached hydrogens (tertiary/aromatic N) is 3. The van der Waals surface area contributed by atoms with Crippen molar-refractivity contribution in [2.45, 2.75) is 32.2 Å². The Balaban J connectivity index is 0.00000208. The SMILES string of the molecule is CC(C)c1ccc(CCN2CCNCC2c2nccn2C)cc1.Cl. The highest BCUT2D eigenvalue weighted by molar-refractivity contribution is 5.85. The molecule has 4 nitrogen and oxygen atoms in total. The fourth-order valence-electron chi connectivity index (χ4n) is 3.31. The molecule has 3 rings (SSSR count). The summed E-state index contributed by atoms with van der Waals surface area (Å²) in [5.41, 5.74) is 2.84. The van der Waals surface area contributed by atoms with Crippen LogP contribution in [0.1, 0.15) is 42.8 Å². The maximum absolute atomic E-state index is 4.56. The quantitative estimate of drug-likeness (QED) is 0.901. The molecule has 0 radical (unpaired) electrons. The molecule has 1 aliphatic rings. The van der Waals surface area contributed by atoms with Gasteiger partial charge in [-0.1, -0.05) is 38.1 Å². The number of hydrogen-bond donors (Lipinski definition) is 1. The molecule has 1 unspecified atom stereocenters. The van der Waals surface area contributed by atoms with Crippen LogP contribution in [0.2, 0.25) is 0 Å². The van der Waals surface area contributed by atoms with Crippen molar-refractivity contribution in [3.8, 4) is 0 Å². The molecule has 0 spiro atoms. The highest BCUT2D eigenvalue weighted by Gasteiger charge is 2.26. The lowest BCUT2D eigenvalue weighted by atomic mass is 10.0. The van der Waals surface area contributed by atoms with Gasteiger partial charge >= 0.3 is 0 Å². The first-order valence-electron chi connectivity index (χ1n) is 8.66. The Morgan fingerprint density at radius 1 is 1.25 bits per heavy atom.